The van der Waals surface area contributed by atoms with Crippen molar-refractivity contribution < 1.29 is 5.11 Å². The third-order valence-electron chi connectivity index (χ3n) is 2.22. The van der Waals surface area contributed by atoms with E-state index in [-0.39, 0.29) is 12.1 Å². The second kappa shape index (κ2) is 3.51. The van der Waals surface area contributed by atoms with Crippen LogP contribution >= 0.6 is 11.3 Å². The lowest BCUT2D eigenvalue weighted by atomic mass is 10.1. The van der Waals surface area contributed by atoms with Crippen LogP contribution in [0.3, 0.4) is 0 Å². The summed E-state index contributed by atoms with van der Waals surface area (Å²) in [5.41, 5.74) is 1.76. The van der Waals surface area contributed by atoms with Crippen molar-refractivity contribution in [1.29, 1.82) is 0 Å². The molecule has 1 fully saturated rings. The standard InChI is InChI=1S/C8H12N2OS/c11-8(6-2-1-3-10-6)7-4-9-5-12-7/h4-6,8,10-11H,1-3H2/t6-,8-/m1/s1. The van der Waals surface area contributed by atoms with Crippen molar-refractivity contribution in [3.63, 3.8) is 0 Å². The molecule has 4 heteroatoms. The first kappa shape index (κ1) is 8.16. The summed E-state index contributed by atoms with van der Waals surface area (Å²) in [7, 11) is 0. The minimum absolute atomic E-state index is 0.241. The zero-order chi connectivity index (χ0) is 8.39. The normalized spacial score (nSPS) is 25.9. The Morgan fingerprint density at radius 2 is 2.67 bits per heavy atom. The van der Waals surface area contributed by atoms with Crippen molar-refractivity contribution in [3.05, 3.63) is 16.6 Å². The lowest BCUT2D eigenvalue weighted by Gasteiger charge is -2.15. The van der Waals surface area contributed by atoms with Crippen LogP contribution in [0.4, 0.5) is 0 Å². The molecule has 2 atom stereocenters. The molecular weight excluding hydrogens is 172 g/mol. The van der Waals surface area contributed by atoms with Crippen LogP contribution in [-0.4, -0.2) is 22.7 Å². The van der Waals surface area contributed by atoms with Crippen LogP contribution in [-0.2, 0) is 0 Å². The average Bonchev–Trinajstić information content (AvgIpc) is 2.77. The Morgan fingerprint density at radius 3 is 3.25 bits per heavy atom. The third kappa shape index (κ3) is 1.50. The second-order valence-corrected chi connectivity index (χ2v) is 3.97. The first-order chi connectivity index (χ1) is 5.88. The van der Waals surface area contributed by atoms with Crippen molar-refractivity contribution >= 4 is 11.3 Å². The Kier molecular flexibility index (Phi) is 2.39. The van der Waals surface area contributed by atoms with Gasteiger partial charge in [-0.1, -0.05) is 0 Å². The Labute approximate surface area is 75.5 Å². The summed E-state index contributed by atoms with van der Waals surface area (Å²) >= 11 is 1.52. The Hall–Kier alpha value is -0.450. The lowest BCUT2D eigenvalue weighted by molar-refractivity contribution is 0.141. The van der Waals surface area contributed by atoms with E-state index in [1.807, 2.05) is 0 Å². The number of aliphatic hydroxyl groups excluding tert-OH is 1. The highest BCUT2D eigenvalue weighted by molar-refractivity contribution is 7.09. The second-order valence-electron chi connectivity index (χ2n) is 3.05. The van der Waals surface area contributed by atoms with E-state index in [1.165, 1.54) is 17.8 Å². The van der Waals surface area contributed by atoms with E-state index in [0.717, 1.165) is 17.8 Å². The van der Waals surface area contributed by atoms with Gasteiger partial charge < -0.3 is 10.4 Å². The summed E-state index contributed by atoms with van der Waals surface area (Å²) in [6, 6.07) is 0.241. The van der Waals surface area contributed by atoms with Gasteiger partial charge in [0.1, 0.15) is 6.10 Å². The van der Waals surface area contributed by atoms with Gasteiger partial charge in [-0.05, 0) is 19.4 Å². The number of rotatable bonds is 2. The van der Waals surface area contributed by atoms with Gasteiger partial charge in [-0.15, -0.1) is 11.3 Å². The molecule has 0 bridgehead atoms. The van der Waals surface area contributed by atoms with Gasteiger partial charge in [0.05, 0.1) is 10.4 Å². The van der Waals surface area contributed by atoms with Crippen LogP contribution in [0.15, 0.2) is 11.7 Å². The smallest absolute Gasteiger partial charge is 0.105 e. The topological polar surface area (TPSA) is 45.2 Å². The van der Waals surface area contributed by atoms with Gasteiger partial charge in [-0.25, -0.2) is 0 Å². The largest absolute Gasteiger partial charge is 0.386 e. The Morgan fingerprint density at radius 1 is 1.75 bits per heavy atom. The minimum Gasteiger partial charge on any atom is -0.386 e. The molecule has 66 valence electrons. The van der Waals surface area contributed by atoms with Gasteiger partial charge in [-0.3, -0.25) is 4.98 Å². The monoisotopic (exact) mass is 184 g/mol. The van der Waals surface area contributed by atoms with E-state index in [9.17, 15) is 5.11 Å². The van der Waals surface area contributed by atoms with E-state index in [2.05, 4.69) is 10.3 Å². The first-order valence-electron chi connectivity index (χ1n) is 4.18. The maximum atomic E-state index is 9.82. The van der Waals surface area contributed by atoms with Crippen LogP contribution < -0.4 is 5.32 Å². The van der Waals surface area contributed by atoms with Gasteiger partial charge in [0.25, 0.3) is 0 Å². The molecule has 12 heavy (non-hydrogen) atoms. The Balaban J connectivity index is 2.04. The van der Waals surface area contributed by atoms with E-state index in [0.29, 0.717) is 0 Å². The zero-order valence-electron chi connectivity index (χ0n) is 6.73. The molecule has 0 spiro atoms. The molecule has 0 saturated carbocycles. The predicted molar refractivity (Wildman–Crippen MR) is 48.1 cm³/mol. The van der Waals surface area contributed by atoms with Crippen LogP contribution in [0.5, 0.6) is 0 Å². The fourth-order valence-corrected chi connectivity index (χ4v) is 2.22. The highest BCUT2D eigenvalue weighted by Gasteiger charge is 2.24. The molecule has 1 saturated heterocycles. The van der Waals surface area contributed by atoms with Gasteiger partial charge in [-0.2, -0.15) is 0 Å². The molecule has 2 N–H and O–H groups in total. The first-order valence-corrected chi connectivity index (χ1v) is 5.06. The summed E-state index contributed by atoms with van der Waals surface area (Å²) < 4.78 is 0. The highest BCUT2D eigenvalue weighted by Crippen LogP contribution is 2.24. The third-order valence-corrected chi connectivity index (χ3v) is 3.07. The molecule has 0 aromatic carbocycles. The SMILES string of the molecule is O[C@@H](c1cncs1)[C@H]1CCCN1. The Bertz CT molecular complexity index is 231. The number of hydrogen-bond donors (Lipinski definition) is 2. The quantitative estimate of drug-likeness (QED) is 0.718. The van der Waals surface area contributed by atoms with Gasteiger partial charge >= 0.3 is 0 Å². The number of nitrogens with zero attached hydrogens (tertiary/aromatic N) is 1. The van der Waals surface area contributed by atoms with Crippen LogP contribution in [0.2, 0.25) is 0 Å². The van der Waals surface area contributed by atoms with Crippen LogP contribution in [0.25, 0.3) is 0 Å². The summed E-state index contributed by atoms with van der Waals surface area (Å²) in [6.07, 6.45) is 3.62. The highest BCUT2D eigenvalue weighted by atomic mass is 32.1. The maximum absolute atomic E-state index is 9.82. The van der Waals surface area contributed by atoms with E-state index >= 15 is 0 Å². The molecular formula is C8H12N2OS. The predicted octanol–water partition coefficient (Wildman–Crippen LogP) is 0.929. The number of aromatic nitrogens is 1. The molecule has 0 aliphatic carbocycles. The van der Waals surface area contributed by atoms with Crippen molar-refractivity contribution in [1.82, 2.24) is 10.3 Å². The average molecular weight is 184 g/mol. The molecule has 3 nitrogen and oxygen atoms in total. The fourth-order valence-electron chi connectivity index (χ4n) is 1.55. The summed E-state index contributed by atoms with van der Waals surface area (Å²) in [4.78, 5) is 4.91. The van der Waals surface area contributed by atoms with Crippen LogP contribution in [0, 0.1) is 0 Å². The number of aliphatic hydroxyl groups is 1. The van der Waals surface area contributed by atoms with Crippen LogP contribution in [0.1, 0.15) is 23.8 Å². The summed E-state index contributed by atoms with van der Waals surface area (Å²) in [6.45, 7) is 1.03. The molecule has 1 aliphatic heterocycles. The van der Waals surface area contributed by atoms with Crippen molar-refractivity contribution in [3.8, 4) is 0 Å². The zero-order valence-corrected chi connectivity index (χ0v) is 7.55. The molecule has 2 heterocycles. The summed E-state index contributed by atoms with van der Waals surface area (Å²) in [5.74, 6) is 0. The molecule has 0 amide bonds. The van der Waals surface area contributed by atoms with E-state index in [1.54, 1.807) is 11.7 Å². The maximum Gasteiger partial charge on any atom is 0.105 e. The molecule has 1 aromatic heterocycles. The minimum atomic E-state index is -0.361. The number of nitrogens with one attached hydrogen (secondary N) is 1. The fraction of sp³-hybridized carbons (Fsp3) is 0.625. The molecule has 0 radical (unpaired) electrons. The summed E-state index contributed by atoms with van der Waals surface area (Å²) in [5, 5.41) is 13.1. The number of thiazole rings is 1. The van der Waals surface area contributed by atoms with Gasteiger partial charge in [0.2, 0.25) is 0 Å². The number of hydrogen-bond acceptors (Lipinski definition) is 4. The van der Waals surface area contributed by atoms with Gasteiger partial charge in [0.15, 0.2) is 0 Å². The molecule has 1 aromatic rings. The van der Waals surface area contributed by atoms with Crippen molar-refractivity contribution in [2.75, 3.05) is 6.54 Å². The molecule has 1 aliphatic rings. The van der Waals surface area contributed by atoms with E-state index < -0.39 is 0 Å². The van der Waals surface area contributed by atoms with Crippen molar-refractivity contribution in [2.24, 2.45) is 0 Å². The van der Waals surface area contributed by atoms with Gasteiger partial charge in [0, 0.05) is 12.2 Å². The molecule has 0 unspecified atom stereocenters. The lowest BCUT2D eigenvalue weighted by Crippen LogP contribution is -2.28. The van der Waals surface area contributed by atoms with E-state index in [4.69, 9.17) is 0 Å². The molecule has 2 rings (SSSR count). The van der Waals surface area contributed by atoms with Crippen molar-refractivity contribution in [2.45, 2.75) is 25.0 Å².